The normalized spacial score (nSPS) is 10.4. The predicted molar refractivity (Wildman–Crippen MR) is 82.1 cm³/mol. The van der Waals surface area contributed by atoms with E-state index < -0.39 is 0 Å². The van der Waals surface area contributed by atoms with Crippen LogP contribution in [0.4, 0.5) is 5.69 Å². The SMILES string of the molecule is CN(Cc1cnn(-c2ccccc2)c1)c1ccccc1. The van der Waals surface area contributed by atoms with Gasteiger partial charge in [-0.1, -0.05) is 36.4 Å². The number of nitrogens with zero attached hydrogens (tertiary/aromatic N) is 3. The van der Waals surface area contributed by atoms with E-state index in [4.69, 9.17) is 0 Å². The molecule has 3 nitrogen and oxygen atoms in total. The van der Waals surface area contributed by atoms with Crippen molar-refractivity contribution >= 4 is 5.69 Å². The van der Waals surface area contributed by atoms with Gasteiger partial charge in [-0.25, -0.2) is 4.68 Å². The summed E-state index contributed by atoms with van der Waals surface area (Å²) in [6.07, 6.45) is 4.00. The third-order valence-corrected chi connectivity index (χ3v) is 3.27. The van der Waals surface area contributed by atoms with E-state index in [1.165, 1.54) is 11.3 Å². The Bertz CT molecular complexity index is 659. The summed E-state index contributed by atoms with van der Waals surface area (Å²) in [4.78, 5) is 2.21. The molecule has 100 valence electrons. The van der Waals surface area contributed by atoms with Crippen molar-refractivity contribution in [1.29, 1.82) is 0 Å². The molecule has 3 heteroatoms. The van der Waals surface area contributed by atoms with Crippen molar-refractivity contribution in [2.75, 3.05) is 11.9 Å². The van der Waals surface area contributed by atoms with Crippen LogP contribution in [0.3, 0.4) is 0 Å². The molecular weight excluding hydrogens is 246 g/mol. The summed E-state index contributed by atoms with van der Waals surface area (Å²) in [6, 6.07) is 20.5. The Morgan fingerprint density at radius 3 is 2.30 bits per heavy atom. The van der Waals surface area contributed by atoms with Crippen LogP contribution in [0.25, 0.3) is 5.69 Å². The number of anilines is 1. The molecule has 0 aliphatic rings. The summed E-state index contributed by atoms with van der Waals surface area (Å²) in [5.74, 6) is 0. The fraction of sp³-hybridized carbons (Fsp3) is 0.118. The van der Waals surface area contributed by atoms with Gasteiger partial charge in [0.05, 0.1) is 11.9 Å². The second-order valence-electron chi connectivity index (χ2n) is 4.82. The molecule has 0 N–H and O–H groups in total. The molecule has 0 bridgehead atoms. The molecule has 0 aliphatic carbocycles. The van der Waals surface area contributed by atoms with Gasteiger partial charge in [-0.2, -0.15) is 5.10 Å². The van der Waals surface area contributed by atoms with Crippen LogP contribution in [0.15, 0.2) is 73.1 Å². The van der Waals surface area contributed by atoms with Crippen molar-refractivity contribution in [3.05, 3.63) is 78.6 Å². The Kier molecular flexibility index (Phi) is 3.50. The summed E-state index contributed by atoms with van der Waals surface area (Å²) < 4.78 is 1.91. The van der Waals surface area contributed by atoms with Crippen molar-refractivity contribution in [3.63, 3.8) is 0 Å². The van der Waals surface area contributed by atoms with Gasteiger partial charge in [-0.15, -0.1) is 0 Å². The maximum Gasteiger partial charge on any atom is 0.0645 e. The quantitative estimate of drug-likeness (QED) is 0.718. The lowest BCUT2D eigenvalue weighted by molar-refractivity contribution is 0.877. The van der Waals surface area contributed by atoms with Crippen molar-refractivity contribution in [1.82, 2.24) is 9.78 Å². The molecule has 0 fully saturated rings. The Labute approximate surface area is 119 Å². The van der Waals surface area contributed by atoms with E-state index >= 15 is 0 Å². The molecule has 0 spiro atoms. The average molecular weight is 263 g/mol. The van der Waals surface area contributed by atoms with E-state index in [2.05, 4.69) is 59.6 Å². The standard InChI is InChI=1S/C17H17N3/c1-19(16-8-4-2-5-9-16)13-15-12-18-20(14-15)17-10-6-3-7-11-17/h2-12,14H,13H2,1H3. The molecule has 3 aromatic rings. The zero-order valence-electron chi connectivity index (χ0n) is 11.5. The Balaban J connectivity index is 1.75. The maximum atomic E-state index is 4.42. The number of benzene rings is 2. The van der Waals surface area contributed by atoms with Gasteiger partial charge >= 0.3 is 0 Å². The largest absolute Gasteiger partial charge is 0.370 e. The van der Waals surface area contributed by atoms with E-state index in [0.29, 0.717) is 0 Å². The lowest BCUT2D eigenvalue weighted by Gasteiger charge is -2.17. The average Bonchev–Trinajstić information content (AvgIpc) is 2.97. The highest BCUT2D eigenvalue weighted by Gasteiger charge is 2.04. The van der Waals surface area contributed by atoms with Crippen LogP contribution < -0.4 is 4.90 Å². The monoisotopic (exact) mass is 263 g/mol. The van der Waals surface area contributed by atoms with Crippen LogP contribution >= 0.6 is 0 Å². The molecule has 3 rings (SSSR count). The van der Waals surface area contributed by atoms with E-state index in [9.17, 15) is 0 Å². The lowest BCUT2D eigenvalue weighted by atomic mass is 10.2. The van der Waals surface area contributed by atoms with Crippen molar-refractivity contribution < 1.29 is 0 Å². The van der Waals surface area contributed by atoms with Crippen molar-refractivity contribution in [2.45, 2.75) is 6.54 Å². The summed E-state index contributed by atoms with van der Waals surface area (Å²) in [6.45, 7) is 0.844. The minimum absolute atomic E-state index is 0.844. The van der Waals surface area contributed by atoms with Gasteiger partial charge in [0.2, 0.25) is 0 Å². The van der Waals surface area contributed by atoms with Gasteiger partial charge in [0, 0.05) is 31.0 Å². The summed E-state index contributed by atoms with van der Waals surface area (Å²) in [7, 11) is 2.09. The molecule has 1 heterocycles. The molecule has 0 amide bonds. The summed E-state index contributed by atoms with van der Waals surface area (Å²) >= 11 is 0. The molecule has 0 atom stereocenters. The smallest absolute Gasteiger partial charge is 0.0645 e. The molecule has 20 heavy (non-hydrogen) atoms. The Morgan fingerprint density at radius 2 is 1.60 bits per heavy atom. The van der Waals surface area contributed by atoms with Crippen LogP contribution in [-0.2, 0) is 6.54 Å². The second-order valence-corrected chi connectivity index (χ2v) is 4.82. The minimum atomic E-state index is 0.844. The molecule has 0 radical (unpaired) electrons. The Morgan fingerprint density at radius 1 is 0.950 bits per heavy atom. The van der Waals surface area contributed by atoms with Crippen molar-refractivity contribution in [2.24, 2.45) is 0 Å². The topological polar surface area (TPSA) is 21.1 Å². The van der Waals surface area contributed by atoms with E-state index in [-0.39, 0.29) is 0 Å². The van der Waals surface area contributed by atoms with Crippen LogP contribution in [0.5, 0.6) is 0 Å². The number of rotatable bonds is 4. The zero-order valence-corrected chi connectivity index (χ0v) is 11.5. The van der Waals surface area contributed by atoms with Gasteiger partial charge in [-0.05, 0) is 24.3 Å². The van der Waals surface area contributed by atoms with Crippen molar-refractivity contribution in [3.8, 4) is 5.69 Å². The highest BCUT2D eigenvalue weighted by atomic mass is 15.3. The van der Waals surface area contributed by atoms with E-state index in [1.54, 1.807) is 0 Å². The summed E-state index contributed by atoms with van der Waals surface area (Å²) in [5, 5.41) is 4.42. The maximum absolute atomic E-state index is 4.42. The van der Waals surface area contributed by atoms with E-state index in [0.717, 1.165) is 12.2 Å². The van der Waals surface area contributed by atoms with Gasteiger partial charge in [0.15, 0.2) is 0 Å². The number of aromatic nitrogens is 2. The van der Waals surface area contributed by atoms with Gasteiger partial charge < -0.3 is 4.90 Å². The third-order valence-electron chi connectivity index (χ3n) is 3.27. The molecule has 0 unspecified atom stereocenters. The van der Waals surface area contributed by atoms with Crippen LogP contribution in [-0.4, -0.2) is 16.8 Å². The predicted octanol–water partition coefficient (Wildman–Crippen LogP) is 3.51. The number of hydrogen-bond donors (Lipinski definition) is 0. The molecule has 2 aromatic carbocycles. The minimum Gasteiger partial charge on any atom is -0.370 e. The second kappa shape index (κ2) is 5.61. The first kappa shape index (κ1) is 12.5. The van der Waals surface area contributed by atoms with Gasteiger partial charge in [0.1, 0.15) is 0 Å². The molecule has 1 aromatic heterocycles. The first-order valence-electron chi connectivity index (χ1n) is 6.68. The fourth-order valence-corrected chi connectivity index (χ4v) is 2.21. The highest BCUT2D eigenvalue weighted by molar-refractivity contribution is 5.45. The zero-order chi connectivity index (χ0) is 13.8. The molecular formula is C17H17N3. The van der Waals surface area contributed by atoms with Gasteiger partial charge in [0.25, 0.3) is 0 Å². The summed E-state index contributed by atoms with van der Waals surface area (Å²) in [5.41, 5.74) is 3.49. The Hall–Kier alpha value is -2.55. The molecule has 0 saturated heterocycles. The first-order chi connectivity index (χ1) is 9.83. The van der Waals surface area contributed by atoms with E-state index in [1.807, 2.05) is 35.1 Å². The highest BCUT2D eigenvalue weighted by Crippen LogP contribution is 2.15. The molecule has 0 saturated carbocycles. The lowest BCUT2D eigenvalue weighted by Crippen LogP contribution is -2.15. The fourth-order valence-electron chi connectivity index (χ4n) is 2.21. The third kappa shape index (κ3) is 2.72. The van der Waals surface area contributed by atoms with Crippen LogP contribution in [0.1, 0.15) is 5.56 Å². The van der Waals surface area contributed by atoms with Crippen LogP contribution in [0, 0.1) is 0 Å². The number of hydrogen-bond acceptors (Lipinski definition) is 2. The number of para-hydroxylation sites is 2. The van der Waals surface area contributed by atoms with Gasteiger partial charge in [-0.3, -0.25) is 0 Å². The molecule has 0 aliphatic heterocycles. The first-order valence-corrected chi connectivity index (χ1v) is 6.68. The van der Waals surface area contributed by atoms with Crippen LogP contribution in [0.2, 0.25) is 0 Å².